The Morgan fingerprint density at radius 3 is 2.58 bits per heavy atom. The molecule has 8 nitrogen and oxygen atoms in total. The Balaban J connectivity index is 2.00. The third-order valence-corrected chi connectivity index (χ3v) is 3.46. The molecule has 0 aliphatic rings. The monoisotopic (exact) mass is 375 g/mol. The van der Waals surface area contributed by atoms with E-state index in [0.717, 1.165) is 18.6 Å². The van der Waals surface area contributed by atoms with Gasteiger partial charge in [0, 0.05) is 17.7 Å². The number of anilines is 1. The van der Waals surface area contributed by atoms with Crippen molar-refractivity contribution in [1.82, 2.24) is 5.32 Å². The van der Waals surface area contributed by atoms with Crippen molar-refractivity contribution in [2.45, 2.75) is 13.3 Å². The van der Waals surface area contributed by atoms with Crippen LogP contribution in [0, 0.1) is 10.1 Å². The molecule has 0 radical (unpaired) electrons. The number of non-ortho nitro benzene ring substituents is 1. The molecular weight excluding hydrogens is 358 g/mol. The molecule has 2 aromatic carbocycles. The summed E-state index contributed by atoms with van der Waals surface area (Å²) in [5.41, 5.74) is 0.163. The van der Waals surface area contributed by atoms with Crippen LogP contribution in [0.5, 0.6) is 11.5 Å². The molecular formula is C17H17N3O5S. The second kappa shape index (κ2) is 8.77. The molecule has 2 rings (SSSR count). The number of nitrogens with one attached hydrogen (secondary N) is 2. The highest BCUT2D eigenvalue weighted by Crippen LogP contribution is 2.27. The smallest absolute Gasteiger partial charge is 0.271 e. The Bertz CT molecular complexity index is 824. The number of phenolic OH excluding ortho intramolecular Hbond substituents is 1. The average Bonchev–Trinajstić information content (AvgIpc) is 2.62. The van der Waals surface area contributed by atoms with Crippen LogP contribution >= 0.6 is 12.2 Å². The standard InChI is InChI=1S/C17H17N3O5S/c1-2-9-25-13-6-3-11(4-7-13)16(22)19-17(26)18-14-10-12(20(23)24)5-8-15(14)21/h3-8,10,21H,2,9H2,1H3,(H2,18,19,22,26). The number of nitro benzene ring substituents is 1. The first-order valence-corrected chi connectivity index (χ1v) is 8.14. The van der Waals surface area contributed by atoms with Gasteiger partial charge in [-0.15, -0.1) is 0 Å². The maximum Gasteiger partial charge on any atom is 0.271 e. The van der Waals surface area contributed by atoms with Crippen LogP contribution in [-0.2, 0) is 0 Å². The zero-order chi connectivity index (χ0) is 19.1. The number of thiocarbonyl (C=S) groups is 1. The summed E-state index contributed by atoms with van der Waals surface area (Å²) in [5.74, 6) is -0.0373. The number of phenols is 1. The van der Waals surface area contributed by atoms with E-state index in [0.29, 0.717) is 17.9 Å². The van der Waals surface area contributed by atoms with Gasteiger partial charge >= 0.3 is 0 Å². The Labute approximate surface area is 154 Å². The topological polar surface area (TPSA) is 114 Å². The first kappa shape index (κ1) is 19.1. The number of aromatic hydroxyl groups is 1. The number of hydrogen-bond acceptors (Lipinski definition) is 6. The van der Waals surface area contributed by atoms with E-state index in [9.17, 15) is 20.0 Å². The number of benzene rings is 2. The van der Waals surface area contributed by atoms with Gasteiger partial charge in [0.05, 0.1) is 17.2 Å². The molecule has 0 saturated heterocycles. The summed E-state index contributed by atoms with van der Waals surface area (Å²) >= 11 is 5.02. The summed E-state index contributed by atoms with van der Waals surface area (Å²) in [5, 5.41) is 25.4. The van der Waals surface area contributed by atoms with Gasteiger partial charge in [-0.25, -0.2) is 0 Å². The minimum Gasteiger partial charge on any atom is -0.506 e. The van der Waals surface area contributed by atoms with Gasteiger partial charge in [0.2, 0.25) is 0 Å². The van der Waals surface area contributed by atoms with Crippen molar-refractivity contribution in [2.24, 2.45) is 0 Å². The predicted octanol–water partition coefficient (Wildman–Crippen LogP) is 3.22. The lowest BCUT2D eigenvalue weighted by atomic mass is 10.2. The van der Waals surface area contributed by atoms with Crippen LogP contribution in [0.15, 0.2) is 42.5 Å². The van der Waals surface area contributed by atoms with Crippen molar-refractivity contribution in [3.8, 4) is 11.5 Å². The van der Waals surface area contributed by atoms with Crippen molar-refractivity contribution >= 4 is 34.6 Å². The highest BCUT2D eigenvalue weighted by molar-refractivity contribution is 7.80. The molecule has 9 heteroatoms. The van der Waals surface area contributed by atoms with Crippen LogP contribution < -0.4 is 15.4 Å². The molecule has 3 N–H and O–H groups in total. The lowest BCUT2D eigenvalue weighted by Crippen LogP contribution is -2.34. The second-order valence-corrected chi connectivity index (χ2v) is 5.65. The highest BCUT2D eigenvalue weighted by atomic mass is 32.1. The van der Waals surface area contributed by atoms with E-state index in [-0.39, 0.29) is 22.2 Å². The number of carbonyl (C=O) groups is 1. The van der Waals surface area contributed by atoms with Gasteiger partial charge in [-0.1, -0.05) is 6.92 Å². The van der Waals surface area contributed by atoms with E-state index >= 15 is 0 Å². The van der Waals surface area contributed by atoms with Gasteiger partial charge in [0.1, 0.15) is 11.5 Å². The SMILES string of the molecule is CCCOc1ccc(C(=O)NC(=S)Nc2cc([N+](=O)[O-])ccc2O)cc1. The summed E-state index contributed by atoms with van der Waals surface area (Å²) in [4.78, 5) is 22.4. The molecule has 0 aromatic heterocycles. The number of nitrogens with zero attached hydrogens (tertiary/aromatic N) is 1. The van der Waals surface area contributed by atoms with E-state index in [1.165, 1.54) is 6.07 Å². The molecule has 0 unspecified atom stereocenters. The molecule has 0 fully saturated rings. The zero-order valence-electron chi connectivity index (χ0n) is 13.9. The van der Waals surface area contributed by atoms with Crippen molar-refractivity contribution in [3.05, 3.63) is 58.1 Å². The van der Waals surface area contributed by atoms with Crippen LogP contribution in [0.4, 0.5) is 11.4 Å². The van der Waals surface area contributed by atoms with Gasteiger partial charge in [0.25, 0.3) is 11.6 Å². The Kier molecular flexibility index (Phi) is 6.45. The van der Waals surface area contributed by atoms with Crippen LogP contribution in [0.25, 0.3) is 0 Å². The summed E-state index contributed by atoms with van der Waals surface area (Å²) < 4.78 is 5.44. The number of carbonyl (C=O) groups excluding carboxylic acids is 1. The van der Waals surface area contributed by atoms with Crippen LogP contribution in [-0.4, -0.2) is 27.7 Å². The van der Waals surface area contributed by atoms with Crippen LogP contribution in [0.3, 0.4) is 0 Å². The summed E-state index contributed by atoms with van der Waals surface area (Å²) in [6.07, 6.45) is 0.882. The number of amides is 1. The van der Waals surface area contributed by atoms with Gasteiger partial charge in [0.15, 0.2) is 5.11 Å². The molecule has 0 bridgehead atoms. The fraction of sp³-hybridized carbons (Fsp3) is 0.176. The molecule has 0 atom stereocenters. The van der Waals surface area contributed by atoms with Gasteiger partial charge in [-0.2, -0.15) is 0 Å². The third-order valence-electron chi connectivity index (χ3n) is 3.26. The molecule has 0 heterocycles. The normalized spacial score (nSPS) is 10.0. The number of nitro groups is 1. The molecule has 0 saturated carbocycles. The average molecular weight is 375 g/mol. The first-order chi connectivity index (χ1) is 12.4. The van der Waals surface area contributed by atoms with Gasteiger partial charge < -0.3 is 15.2 Å². The Morgan fingerprint density at radius 1 is 1.27 bits per heavy atom. The summed E-state index contributed by atoms with van der Waals surface area (Å²) in [6, 6.07) is 9.97. The van der Waals surface area contributed by atoms with E-state index in [4.69, 9.17) is 17.0 Å². The highest BCUT2D eigenvalue weighted by Gasteiger charge is 2.13. The van der Waals surface area contributed by atoms with Crippen LogP contribution in [0.2, 0.25) is 0 Å². The summed E-state index contributed by atoms with van der Waals surface area (Å²) in [7, 11) is 0. The largest absolute Gasteiger partial charge is 0.506 e. The second-order valence-electron chi connectivity index (χ2n) is 5.24. The lowest BCUT2D eigenvalue weighted by molar-refractivity contribution is -0.384. The quantitative estimate of drug-likeness (QED) is 0.307. The number of ether oxygens (including phenoxy) is 1. The Morgan fingerprint density at radius 2 is 1.96 bits per heavy atom. The number of rotatable bonds is 6. The number of hydrogen-bond donors (Lipinski definition) is 3. The van der Waals surface area contributed by atoms with Crippen molar-refractivity contribution in [1.29, 1.82) is 0 Å². The molecule has 0 aliphatic carbocycles. The van der Waals surface area contributed by atoms with Gasteiger partial charge in [-0.05, 0) is 49.0 Å². The lowest BCUT2D eigenvalue weighted by Gasteiger charge is -2.11. The minimum atomic E-state index is -0.603. The zero-order valence-corrected chi connectivity index (χ0v) is 14.7. The van der Waals surface area contributed by atoms with E-state index in [1.54, 1.807) is 24.3 Å². The molecule has 1 amide bonds. The maximum absolute atomic E-state index is 12.2. The Hall–Kier alpha value is -3.20. The molecule has 0 spiro atoms. The minimum absolute atomic E-state index is 0.0211. The van der Waals surface area contributed by atoms with Crippen molar-refractivity contribution in [3.63, 3.8) is 0 Å². The first-order valence-electron chi connectivity index (χ1n) is 7.73. The van der Waals surface area contributed by atoms with E-state index in [2.05, 4.69) is 10.6 Å². The van der Waals surface area contributed by atoms with Gasteiger partial charge in [-0.3, -0.25) is 20.2 Å². The molecule has 2 aromatic rings. The molecule has 26 heavy (non-hydrogen) atoms. The van der Waals surface area contributed by atoms with Crippen molar-refractivity contribution in [2.75, 3.05) is 11.9 Å². The van der Waals surface area contributed by atoms with E-state index in [1.807, 2.05) is 6.92 Å². The predicted molar refractivity (Wildman–Crippen MR) is 101 cm³/mol. The fourth-order valence-electron chi connectivity index (χ4n) is 1.99. The van der Waals surface area contributed by atoms with Crippen molar-refractivity contribution < 1.29 is 19.6 Å². The molecule has 136 valence electrons. The van der Waals surface area contributed by atoms with E-state index < -0.39 is 10.8 Å². The third kappa shape index (κ3) is 5.15. The summed E-state index contributed by atoms with van der Waals surface area (Å²) in [6.45, 7) is 2.58. The fourth-order valence-corrected chi connectivity index (χ4v) is 2.19. The molecule has 0 aliphatic heterocycles. The maximum atomic E-state index is 12.2. The van der Waals surface area contributed by atoms with Crippen LogP contribution in [0.1, 0.15) is 23.7 Å².